The maximum absolute atomic E-state index is 4.31. The number of nitrogens with one attached hydrogen (secondary N) is 1. The van der Waals surface area contributed by atoms with E-state index >= 15 is 0 Å². The number of aromatic nitrogens is 3. The Bertz CT molecular complexity index is 811. The number of thiazole rings is 1. The summed E-state index contributed by atoms with van der Waals surface area (Å²) in [6.45, 7) is 0. The molecule has 0 aliphatic heterocycles. The predicted octanol–water partition coefficient (Wildman–Crippen LogP) is 3.84. The Kier molecular flexibility index (Phi) is 1.98. The first-order valence-electron chi connectivity index (χ1n) is 5.67. The maximum Gasteiger partial charge on any atom is 0.137 e. The quantitative estimate of drug-likeness (QED) is 0.558. The van der Waals surface area contributed by atoms with Crippen molar-refractivity contribution < 1.29 is 0 Å². The zero-order chi connectivity index (χ0) is 11.9. The summed E-state index contributed by atoms with van der Waals surface area (Å²) in [7, 11) is 0. The van der Waals surface area contributed by atoms with Crippen molar-refractivity contribution in [1.82, 2.24) is 15.0 Å². The third-order valence-corrected chi connectivity index (χ3v) is 3.83. The second-order valence-corrected chi connectivity index (χ2v) is 5.05. The third kappa shape index (κ3) is 1.43. The van der Waals surface area contributed by atoms with Gasteiger partial charge in [-0.3, -0.25) is 0 Å². The summed E-state index contributed by atoms with van der Waals surface area (Å²) < 4.78 is 1.21. The molecular weight excluding hydrogens is 242 g/mol. The molecule has 0 aliphatic carbocycles. The second-order valence-electron chi connectivity index (χ2n) is 4.16. The summed E-state index contributed by atoms with van der Waals surface area (Å²) in [5, 5.41) is 1.14. The Morgan fingerprint density at radius 3 is 3.00 bits per heavy atom. The minimum atomic E-state index is 0.928. The molecular formula is C14H9N3S. The van der Waals surface area contributed by atoms with Crippen LogP contribution in [0.25, 0.3) is 32.5 Å². The molecule has 1 aromatic carbocycles. The van der Waals surface area contributed by atoms with Crippen molar-refractivity contribution in [2.75, 3.05) is 0 Å². The largest absolute Gasteiger partial charge is 0.339 e. The van der Waals surface area contributed by atoms with Crippen LogP contribution in [0.3, 0.4) is 0 Å². The number of fused-ring (bicyclic) bond motifs is 2. The molecule has 0 fully saturated rings. The van der Waals surface area contributed by atoms with Gasteiger partial charge in [0, 0.05) is 17.3 Å². The van der Waals surface area contributed by atoms with Crippen LogP contribution in [0, 0.1) is 0 Å². The molecule has 0 bridgehead atoms. The highest BCUT2D eigenvalue weighted by Crippen LogP contribution is 2.27. The Labute approximate surface area is 107 Å². The standard InChI is InChI=1S/C14H9N3S/c1-2-10-6-12(17-14(10)15-5-1)9-3-4-11-13(7-9)18-8-16-11/h1-8H,(H,15,17). The first-order chi connectivity index (χ1) is 8.90. The molecule has 0 unspecified atom stereocenters. The summed E-state index contributed by atoms with van der Waals surface area (Å²) >= 11 is 1.66. The molecule has 4 aromatic rings. The number of pyridine rings is 1. The van der Waals surface area contributed by atoms with Gasteiger partial charge in [-0.1, -0.05) is 6.07 Å². The molecule has 0 saturated heterocycles. The Morgan fingerprint density at radius 2 is 2.06 bits per heavy atom. The van der Waals surface area contributed by atoms with E-state index in [9.17, 15) is 0 Å². The Balaban J connectivity index is 1.94. The van der Waals surface area contributed by atoms with Gasteiger partial charge in [0.2, 0.25) is 0 Å². The summed E-state index contributed by atoms with van der Waals surface area (Å²) in [4.78, 5) is 11.9. The average Bonchev–Trinajstić information content (AvgIpc) is 3.04. The monoisotopic (exact) mass is 251 g/mol. The van der Waals surface area contributed by atoms with Crippen molar-refractivity contribution in [2.45, 2.75) is 0 Å². The SMILES string of the molecule is c1cnc2[nH]c(-c3ccc4ncsc4c3)cc2c1. The van der Waals surface area contributed by atoms with Crippen LogP contribution in [-0.2, 0) is 0 Å². The van der Waals surface area contributed by atoms with E-state index in [0.717, 1.165) is 22.2 Å². The maximum atomic E-state index is 4.31. The second kappa shape index (κ2) is 3.65. The molecule has 4 heteroatoms. The van der Waals surface area contributed by atoms with E-state index in [2.05, 4.69) is 45.3 Å². The van der Waals surface area contributed by atoms with E-state index in [1.165, 1.54) is 10.3 Å². The first kappa shape index (κ1) is 9.79. The fraction of sp³-hybridized carbons (Fsp3) is 0. The summed E-state index contributed by atoms with van der Waals surface area (Å²) in [6, 6.07) is 12.5. The number of aromatic amines is 1. The zero-order valence-electron chi connectivity index (χ0n) is 9.42. The van der Waals surface area contributed by atoms with E-state index in [1.807, 2.05) is 11.6 Å². The molecule has 3 aromatic heterocycles. The fourth-order valence-corrected chi connectivity index (χ4v) is 2.85. The molecule has 3 nitrogen and oxygen atoms in total. The van der Waals surface area contributed by atoms with Crippen LogP contribution < -0.4 is 0 Å². The van der Waals surface area contributed by atoms with Gasteiger partial charge in [0.05, 0.1) is 15.7 Å². The van der Waals surface area contributed by atoms with Crippen molar-refractivity contribution in [1.29, 1.82) is 0 Å². The van der Waals surface area contributed by atoms with Crippen molar-refractivity contribution >= 4 is 32.6 Å². The van der Waals surface area contributed by atoms with Crippen LogP contribution in [0.15, 0.2) is 48.1 Å². The lowest BCUT2D eigenvalue weighted by atomic mass is 10.1. The molecule has 0 saturated carbocycles. The molecule has 1 N–H and O–H groups in total. The molecule has 0 aliphatic rings. The van der Waals surface area contributed by atoms with Gasteiger partial charge in [-0.2, -0.15) is 0 Å². The van der Waals surface area contributed by atoms with Crippen LogP contribution in [0.2, 0.25) is 0 Å². The fourth-order valence-electron chi connectivity index (χ4n) is 2.14. The minimum Gasteiger partial charge on any atom is -0.339 e. The van der Waals surface area contributed by atoms with Gasteiger partial charge in [-0.15, -0.1) is 11.3 Å². The smallest absolute Gasteiger partial charge is 0.137 e. The van der Waals surface area contributed by atoms with Gasteiger partial charge >= 0.3 is 0 Å². The lowest BCUT2D eigenvalue weighted by Crippen LogP contribution is -1.77. The van der Waals surface area contributed by atoms with E-state index in [-0.39, 0.29) is 0 Å². The normalized spacial score (nSPS) is 11.3. The predicted molar refractivity (Wildman–Crippen MR) is 74.7 cm³/mol. The van der Waals surface area contributed by atoms with Gasteiger partial charge in [0.1, 0.15) is 5.65 Å². The molecule has 3 heterocycles. The Morgan fingerprint density at radius 1 is 1.06 bits per heavy atom. The highest BCUT2D eigenvalue weighted by Gasteiger charge is 2.05. The van der Waals surface area contributed by atoms with Crippen LogP contribution in [-0.4, -0.2) is 15.0 Å². The molecule has 18 heavy (non-hydrogen) atoms. The Hall–Kier alpha value is -2.20. The lowest BCUT2D eigenvalue weighted by Gasteiger charge is -1.97. The number of benzene rings is 1. The van der Waals surface area contributed by atoms with E-state index in [4.69, 9.17) is 0 Å². The highest BCUT2D eigenvalue weighted by molar-refractivity contribution is 7.16. The molecule has 0 radical (unpaired) electrons. The average molecular weight is 251 g/mol. The van der Waals surface area contributed by atoms with E-state index < -0.39 is 0 Å². The molecule has 0 amide bonds. The van der Waals surface area contributed by atoms with E-state index in [1.54, 1.807) is 17.5 Å². The lowest BCUT2D eigenvalue weighted by molar-refractivity contribution is 1.33. The summed E-state index contributed by atoms with van der Waals surface area (Å²) in [6.07, 6.45) is 1.80. The van der Waals surface area contributed by atoms with Crippen LogP contribution in [0.1, 0.15) is 0 Å². The first-order valence-corrected chi connectivity index (χ1v) is 6.55. The molecule has 0 spiro atoms. The topological polar surface area (TPSA) is 41.6 Å². The number of nitrogens with zero attached hydrogens (tertiary/aromatic N) is 2. The van der Waals surface area contributed by atoms with E-state index in [0.29, 0.717) is 0 Å². The van der Waals surface area contributed by atoms with Gasteiger partial charge < -0.3 is 4.98 Å². The van der Waals surface area contributed by atoms with Crippen molar-refractivity contribution in [2.24, 2.45) is 0 Å². The van der Waals surface area contributed by atoms with Gasteiger partial charge in [0.15, 0.2) is 0 Å². The van der Waals surface area contributed by atoms with Gasteiger partial charge in [-0.25, -0.2) is 9.97 Å². The van der Waals surface area contributed by atoms with Crippen molar-refractivity contribution in [3.05, 3.63) is 48.1 Å². The summed E-state index contributed by atoms with van der Waals surface area (Å²) in [5.41, 5.74) is 6.12. The molecule has 4 rings (SSSR count). The minimum absolute atomic E-state index is 0.928. The van der Waals surface area contributed by atoms with Crippen LogP contribution in [0.4, 0.5) is 0 Å². The highest BCUT2D eigenvalue weighted by atomic mass is 32.1. The van der Waals surface area contributed by atoms with Gasteiger partial charge in [0.25, 0.3) is 0 Å². The zero-order valence-corrected chi connectivity index (χ0v) is 10.2. The number of H-pyrrole nitrogens is 1. The van der Waals surface area contributed by atoms with Gasteiger partial charge in [-0.05, 0) is 35.9 Å². The third-order valence-electron chi connectivity index (χ3n) is 3.03. The molecule has 86 valence electrons. The van der Waals surface area contributed by atoms with Crippen LogP contribution in [0.5, 0.6) is 0 Å². The number of rotatable bonds is 1. The number of hydrogen-bond donors (Lipinski definition) is 1. The van der Waals surface area contributed by atoms with Crippen LogP contribution >= 0.6 is 11.3 Å². The van der Waals surface area contributed by atoms with Crippen molar-refractivity contribution in [3.63, 3.8) is 0 Å². The number of hydrogen-bond acceptors (Lipinski definition) is 3. The summed E-state index contributed by atoms with van der Waals surface area (Å²) in [5.74, 6) is 0. The van der Waals surface area contributed by atoms with Crippen molar-refractivity contribution in [3.8, 4) is 11.3 Å². The molecule has 0 atom stereocenters.